The Balaban J connectivity index is 2.76. The number of rotatable bonds is 4. The van der Waals surface area contributed by atoms with Crippen LogP contribution in [0.15, 0.2) is 30.0 Å². The van der Waals surface area contributed by atoms with Gasteiger partial charge in [0, 0.05) is 13.6 Å². The molecule has 0 aliphatic rings. The van der Waals surface area contributed by atoms with Crippen molar-refractivity contribution < 1.29 is 24.2 Å². The van der Waals surface area contributed by atoms with Gasteiger partial charge in [0.1, 0.15) is 5.82 Å². The van der Waals surface area contributed by atoms with E-state index in [-0.39, 0.29) is 11.6 Å². The van der Waals surface area contributed by atoms with Gasteiger partial charge in [-0.25, -0.2) is 9.18 Å². The number of hydrogen-bond donors (Lipinski definition) is 2. The van der Waals surface area contributed by atoms with E-state index in [1.54, 1.807) is 0 Å². The van der Waals surface area contributed by atoms with Gasteiger partial charge >= 0.3 is 5.97 Å². The molecule has 0 heterocycles. The molecule has 0 aliphatic carbocycles. The molecule has 19 heavy (non-hydrogen) atoms. The average Bonchev–Trinajstić information content (AvgIpc) is 2.33. The number of aliphatic carboxylic acids is 1. The standard InChI is InChI=1S/C12H11ClFNO4/c1-15(11(17)5-10(16)12(18)19)6-7-2-3-8(13)9(14)4-7/h2-5,16H,6H2,1H3,(H,18,19)/b10-5-. The van der Waals surface area contributed by atoms with E-state index >= 15 is 0 Å². The number of hydrogen-bond acceptors (Lipinski definition) is 3. The molecular weight excluding hydrogens is 277 g/mol. The van der Waals surface area contributed by atoms with Gasteiger partial charge in [0.25, 0.3) is 5.91 Å². The second-order valence-corrected chi connectivity index (χ2v) is 4.18. The summed E-state index contributed by atoms with van der Waals surface area (Å²) in [5.41, 5.74) is 0.487. The third-order valence-corrected chi connectivity index (χ3v) is 2.57. The highest BCUT2D eigenvalue weighted by Crippen LogP contribution is 2.16. The van der Waals surface area contributed by atoms with Crippen LogP contribution in [0.4, 0.5) is 4.39 Å². The summed E-state index contributed by atoms with van der Waals surface area (Å²) in [5.74, 6) is -3.97. The van der Waals surface area contributed by atoms with Crippen molar-refractivity contribution in [2.45, 2.75) is 6.54 Å². The van der Waals surface area contributed by atoms with E-state index in [0.717, 1.165) is 4.90 Å². The van der Waals surface area contributed by atoms with E-state index in [1.165, 1.54) is 25.2 Å². The van der Waals surface area contributed by atoms with Crippen LogP contribution in [0.2, 0.25) is 5.02 Å². The molecule has 1 aromatic rings. The van der Waals surface area contributed by atoms with Crippen LogP contribution >= 0.6 is 11.6 Å². The molecule has 0 bridgehead atoms. The van der Waals surface area contributed by atoms with E-state index in [4.69, 9.17) is 21.8 Å². The topological polar surface area (TPSA) is 77.8 Å². The Morgan fingerprint density at radius 2 is 2.05 bits per heavy atom. The number of carbonyl (C=O) groups excluding carboxylic acids is 1. The predicted molar refractivity (Wildman–Crippen MR) is 66.2 cm³/mol. The van der Waals surface area contributed by atoms with Gasteiger partial charge in [-0.1, -0.05) is 17.7 Å². The van der Waals surface area contributed by atoms with Crippen molar-refractivity contribution in [1.82, 2.24) is 4.90 Å². The van der Waals surface area contributed by atoms with Crippen LogP contribution in [0.5, 0.6) is 0 Å². The zero-order valence-electron chi connectivity index (χ0n) is 9.93. The number of carboxylic acids is 1. The van der Waals surface area contributed by atoms with E-state index in [0.29, 0.717) is 11.6 Å². The first kappa shape index (κ1) is 15.0. The molecule has 0 saturated heterocycles. The van der Waals surface area contributed by atoms with Crippen molar-refractivity contribution in [3.63, 3.8) is 0 Å². The number of nitrogens with zero attached hydrogens (tertiary/aromatic N) is 1. The number of likely N-dealkylation sites (N-methyl/N-ethyl adjacent to an activating group) is 1. The summed E-state index contributed by atoms with van der Waals surface area (Å²) in [6.07, 6.45) is 0.578. The molecule has 0 spiro atoms. The van der Waals surface area contributed by atoms with Crippen LogP contribution in [0.3, 0.4) is 0 Å². The minimum atomic E-state index is -1.60. The Bertz CT molecular complexity index is 545. The lowest BCUT2D eigenvalue weighted by Gasteiger charge is -2.15. The summed E-state index contributed by atoms with van der Waals surface area (Å²) in [6.45, 7) is 0.0519. The van der Waals surface area contributed by atoms with Crippen LogP contribution in [0.25, 0.3) is 0 Å². The number of aliphatic hydroxyl groups excluding tert-OH is 1. The van der Waals surface area contributed by atoms with Gasteiger partial charge in [-0.05, 0) is 17.7 Å². The van der Waals surface area contributed by atoms with Gasteiger partial charge in [0.2, 0.25) is 5.76 Å². The van der Waals surface area contributed by atoms with Gasteiger partial charge in [-0.3, -0.25) is 4.79 Å². The maximum atomic E-state index is 13.2. The highest BCUT2D eigenvalue weighted by Gasteiger charge is 2.12. The van der Waals surface area contributed by atoms with Crippen LogP contribution < -0.4 is 0 Å². The van der Waals surface area contributed by atoms with Gasteiger partial charge in [0.15, 0.2) is 0 Å². The molecule has 0 unspecified atom stereocenters. The summed E-state index contributed by atoms with van der Waals surface area (Å²) < 4.78 is 13.2. The molecule has 0 aromatic heterocycles. The maximum absolute atomic E-state index is 13.2. The van der Waals surface area contributed by atoms with Gasteiger partial charge in [0.05, 0.1) is 11.1 Å². The van der Waals surface area contributed by atoms with Crippen molar-refractivity contribution in [2.75, 3.05) is 7.05 Å². The zero-order valence-corrected chi connectivity index (χ0v) is 10.7. The minimum absolute atomic E-state index is 0.0267. The first-order valence-electron chi connectivity index (χ1n) is 5.14. The number of aliphatic hydroxyl groups is 1. The lowest BCUT2D eigenvalue weighted by molar-refractivity contribution is -0.136. The highest BCUT2D eigenvalue weighted by atomic mass is 35.5. The SMILES string of the molecule is CN(Cc1ccc(Cl)c(F)c1)C(=O)/C=C(\O)C(=O)O. The van der Waals surface area contributed by atoms with E-state index in [9.17, 15) is 14.0 Å². The Hall–Kier alpha value is -2.08. The Kier molecular flexibility index (Phi) is 4.88. The third kappa shape index (κ3) is 4.26. The number of benzene rings is 1. The maximum Gasteiger partial charge on any atom is 0.371 e. The minimum Gasteiger partial charge on any atom is -0.502 e. The molecule has 2 N–H and O–H groups in total. The monoisotopic (exact) mass is 287 g/mol. The van der Waals surface area contributed by atoms with Crippen molar-refractivity contribution in [3.8, 4) is 0 Å². The largest absolute Gasteiger partial charge is 0.502 e. The summed E-state index contributed by atoms with van der Waals surface area (Å²) >= 11 is 5.52. The predicted octanol–water partition coefficient (Wildman–Crippen LogP) is 1.96. The normalized spacial score (nSPS) is 11.2. The molecular formula is C12H11ClFNO4. The van der Waals surface area contributed by atoms with Crippen molar-refractivity contribution >= 4 is 23.5 Å². The molecule has 1 amide bonds. The molecule has 0 fully saturated rings. The fourth-order valence-corrected chi connectivity index (χ4v) is 1.40. The fraction of sp³-hybridized carbons (Fsp3) is 0.167. The molecule has 102 valence electrons. The summed E-state index contributed by atoms with van der Waals surface area (Å²) in [6, 6.07) is 4.07. The molecule has 5 nitrogen and oxygen atoms in total. The van der Waals surface area contributed by atoms with Gasteiger partial charge < -0.3 is 15.1 Å². The van der Waals surface area contributed by atoms with E-state index < -0.39 is 23.5 Å². The average molecular weight is 288 g/mol. The molecule has 0 atom stereocenters. The van der Waals surface area contributed by atoms with E-state index in [1.807, 2.05) is 0 Å². The van der Waals surface area contributed by atoms with Crippen LogP contribution in [0.1, 0.15) is 5.56 Å². The second-order valence-electron chi connectivity index (χ2n) is 3.78. The first-order chi connectivity index (χ1) is 8.81. The summed E-state index contributed by atoms with van der Waals surface area (Å²) in [7, 11) is 1.39. The van der Waals surface area contributed by atoms with Crippen LogP contribution in [-0.4, -0.2) is 34.0 Å². The lowest BCUT2D eigenvalue weighted by atomic mass is 10.2. The van der Waals surface area contributed by atoms with Crippen molar-refractivity contribution in [2.24, 2.45) is 0 Å². The van der Waals surface area contributed by atoms with Gasteiger partial charge in [-0.2, -0.15) is 0 Å². The number of carbonyl (C=O) groups is 2. The third-order valence-electron chi connectivity index (χ3n) is 2.26. The molecule has 7 heteroatoms. The molecule has 0 saturated carbocycles. The van der Waals surface area contributed by atoms with Crippen molar-refractivity contribution in [3.05, 3.63) is 46.4 Å². The summed E-state index contributed by atoms with van der Waals surface area (Å²) in [4.78, 5) is 23.0. The quantitative estimate of drug-likeness (QED) is 0.655. The Labute approximate surface area is 113 Å². The zero-order chi connectivity index (χ0) is 14.6. The van der Waals surface area contributed by atoms with Gasteiger partial charge in [-0.15, -0.1) is 0 Å². The highest BCUT2D eigenvalue weighted by molar-refractivity contribution is 6.30. The fourth-order valence-electron chi connectivity index (χ4n) is 1.28. The smallest absolute Gasteiger partial charge is 0.371 e. The molecule has 1 aromatic carbocycles. The Morgan fingerprint density at radius 1 is 1.42 bits per heavy atom. The number of carboxylic acid groups (broad SMARTS) is 1. The molecule has 1 rings (SSSR count). The van der Waals surface area contributed by atoms with Crippen molar-refractivity contribution in [1.29, 1.82) is 0 Å². The van der Waals surface area contributed by atoms with Crippen LogP contribution in [-0.2, 0) is 16.1 Å². The van der Waals surface area contributed by atoms with Crippen LogP contribution in [0, 0.1) is 5.82 Å². The molecule has 0 aliphatic heterocycles. The van der Waals surface area contributed by atoms with E-state index in [2.05, 4.69) is 0 Å². The first-order valence-corrected chi connectivity index (χ1v) is 5.52. The second kappa shape index (κ2) is 6.19. The number of halogens is 2. The lowest BCUT2D eigenvalue weighted by Crippen LogP contribution is -2.25. The molecule has 0 radical (unpaired) electrons. The summed E-state index contributed by atoms with van der Waals surface area (Å²) in [5, 5.41) is 17.3. The Morgan fingerprint density at radius 3 is 2.58 bits per heavy atom. The number of amides is 1.